The summed E-state index contributed by atoms with van der Waals surface area (Å²) in [6.45, 7) is 7.18. The van der Waals surface area contributed by atoms with E-state index in [-0.39, 0.29) is 11.8 Å². The molecule has 6 nitrogen and oxygen atoms in total. The van der Waals surface area contributed by atoms with E-state index in [1.807, 2.05) is 43.3 Å². The molecule has 3 heterocycles. The SMILES string of the molecule is Cc1ccc(C(C)CCN2CCC(C(=O)Nc3cccc(-c4ccn[nH]4)c3)CC2)o1. The van der Waals surface area contributed by atoms with Gasteiger partial charge in [-0.15, -0.1) is 0 Å². The van der Waals surface area contributed by atoms with Gasteiger partial charge >= 0.3 is 0 Å². The zero-order chi connectivity index (χ0) is 20.9. The molecular weight excluding hydrogens is 376 g/mol. The Kier molecular flexibility index (Phi) is 6.33. The van der Waals surface area contributed by atoms with Crippen molar-refractivity contribution in [3.63, 3.8) is 0 Å². The second-order valence-electron chi connectivity index (χ2n) is 8.29. The van der Waals surface area contributed by atoms with Gasteiger partial charge in [0.1, 0.15) is 11.5 Å². The molecule has 1 aliphatic rings. The van der Waals surface area contributed by atoms with Crippen LogP contribution in [-0.2, 0) is 4.79 Å². The summed E-state index contributed by atoms with van der Waals surface area (Å²) >= 11 is 0. The minimum Gasteiger partial charge on any atom is -0.466 e. The largest absolute Gasteiger partial charge is 0.466 e. The molecule has 1 aliphatic heterocycles. The number of carbonyl (C=O) groups is 1. The molecule has 1 unspecified atom stereocenters. The summed E-state index contributed by atoms with van der Waals surface area (Å²) in [5.74, 6) is 2.65. The minimum atomic E-state index is 0.0715. The number of aromatic amines is 1. The van der Waals surface area contributed by atoms with Crippen molar-refractivity contribution in [1.82, 2.24) is 15.1 Å². The third kappa shape index (κ3) is 5.00. The van der Waals surface area contributed by atoms with E-state index in [4.69, 9.17) is 4.42 Å². The molecule has 0 saturated carbocycles. The van der Waals surface area contributed by atoms with Crippen molar-refractivity contribution in [1.29, 1.82) is 0 Å². The van der Waals surface area contributed by atoms with Gasteiger partial charge in [0, 0.05) is 29.3 Å². The number of amides is 1. The lowest BCUT2D eigenvalue weighted by Crippen LogP contribution is -2.38. The number of carbonyl (C=O) groups excluding carboxylic acids is 1. The minimum absolute atomic E-state index is 0.0715. The van der Waals surface area contributed by atoms with Gasteiger partial charge in [-0.1, -0.05) is 19.1 Å². The molecule has 3 aromatic rings. The smallest absolute Gasteiger partial charge is 0.227 e. The van der Waals surface area contributed by atoms with Crippen LogP contribution < -0.4 is 5.32 Å². The standard InChI is InChI=1S/C24H30N4O2/c1-17(23-7-6-18(2)30-23)9-13-28-14-10-19(11-15-28)24(29)26-21-5-3-4-20(16-21)22-8-12-25-27-22/h3-8,12,16-17,19H,9-11,13-15H2,1-2H3,(H,25,27)(H,26,29). The number of H-pyrrole nitrogens is 1. The van der Waals surface area contributed by atoms with Crippen molar-refractivity contribution < 1.29 is 9.21 Å². The van der Waals surface area contributed by atoms with Crippen LogP contribution in [0.25, 0.3) is 11.3 Å². The van der Waals surface area contributed by atoms with E-state index in [1.54, 1.807) is 6.20 Å². The lowest BCUT2D eigenvalue weighted by Gasteiger charge is -2.31. The third-order valence-corrected chi connectivity index (χ3v) is 6.03. The topological polar surface area (TPSA) is 74.2 Å². The molecule has 0 spiro atoms. The Morgan fingerprint density at radius 3 is 2.80 bits per heavy atom. The molecule has 0 bridgehead atoms. The fourth-order valence-corrected chi connectivity index (χ4v) is 4.08. The van der Waals surface area contributed by atoms with Gasteiger partial charge in [0.15, 0.2) is 0 Å². The van der Waals surface area contributed by atoms with Crippen LogP contribution in [-0.4, -0.2) is 40.6 Å². The number of anilines is 1. The highest BCUT2D eigenvalue weighted by molar-refractivity contribution is 5.93. The van der Waals surface area contributed by atoms with Crippen molar-refractivity contribution in [3.05, 3.63) is 60.2 Å². The number of rotatable bonds is 7. The van der Waals surface area contributed by atoms with Gasteiger partial charge < -0.3 is 14.6 Å². The van der Waals surface area contributed by atoms with Crippen molar-refractivity contribution in [3.8, 4) is 11.3 Å². The van der Waals surface area contributed by atoms with Gasteiger partial charge in [0.05, 0.1) is 5.69 Å². The van der Waals surface area contributed by atoms with Crippen molar-refractivity contribution in [2.45, 2.75) is 39.0 Å². The van der Waals surface area contributed by atoms with E-state index < -0.39 is 0 Å². The first-order chi connectivity index (χ1) is 14.6. The summed E-state index contributed by atoms with van der Waals surface area (Å²) in [4.78, 5) is 15.2. The average molecular weight is 407 g/mol. The average Bonchev–Trinajstić information content (AvgIpc) is 3.45. The molecule has 30 heavy (non-hydrogen) atoms. The van der Waals surface area contributed by atoms with E-state index in [0.29, 0.717) is 5.92 Å². The number of aromatic nitrogens is 2. The van der Waals surface area contributed by atoms with E-state index in [1.165, 1.54) is 0 Å². The molecule has 158 valence electrons. The number of hydrogen-bond acceptors (Lipinski definition) is 4. The Morgan fingerprint density at radius 2 is 2.10 bits per heavy atom. The highest BCUT2D eigenvalue weighted by Crippen LogP contribution is 2.25. The molecule has 1 amide bonds. The number of nitrogens with one attached hydrogen (secondary N) is 2. The van der Waals surface area contributed by atoms with E-state index in [9.17, 15) is 4.79 Å². The van der Waals surface area contributed by atoms with Crippen LogP contribution in [0.4, 0.5) is 5.69 Å². The predicted molar refractivity (Wildman–Crippen MR) is 118 cm³/mol. The number of furan rings is 1. The summed E-state index contributed by atoms with van der Waals surface area (Å²) < 4.78 is 5.75. The predicted octanol–water partition coefficient (Wildman–Crippen LogP) is 4.82. The molecule has 0 aliphatic carbocycles. The number of nitrogens with zero attached hydrogens (tertiary/aromatic N) is 2. The van der Waals surface area contributed by atoms with Gasteiger partial charge in [0.2, 0.25) is 5.91 Å². The Balaban J connectivity index is 1.24. The maximum absolute atomic E-state index is 12.8. The van der Waals surface area contributed by atoms with Crippen LogP contribution in [0.5, 0.6) is 0 Å². The lowest BCUT2D eigenvalue weighted by atomic mass is 9.95. The van der Waals surface area contributed by atoms with Gasteiger partial charge in [-0.3, -0.25) is 9.89 Å². The van der Waals surface area contributed by atoms with Crippen LogP contribution in [0.3, 0.4) is 0 Å². The van der Waals surface area contributed by atoms with Crippen LogP contribution >= 0.6 is 0 Å². The van der Waals surface area contributed by atoms with E-state index >= 15 is 0 Å². The van der Waals surface area contributed by atoms with Crippen LogP contribution in [0.15, 0.2) is 53.1 Å². The first-order valence-electron chi connectivity index (χ1n) is 10.8. The maximum atomic E-state index is 12.8. The fraction of sp³-hybridized carbons (Fsp3) is 0.417. The molecule has 1 atom stereocenters. The summed E-state index contributed by atoms with van der Waals surface area (Å²) in [6.07, 6.45) is 4.61. The molecule has 2 aromatic heterocycles. The highest BCUT2D eigenvalue weighted by atomic mass is 16.3. The molecule has 6 heteroatoms. The molecular formula is C24H30N4O2. The van der Waals surface area contributed by atoms with Crippen LogP contribution in [0.2, 0.25) is 0 Å². The Morgan fingerprint density at radius 1 is 1.27 bits per heavy atom. The van der Waals surface area contributed by atoms with E-state index in [2.05, 4.69) is 33.4 Å². The normalized spacial score (nSPS) is 16.5. The van der Waals surface area contributed by atoms with Crippen molar-refractivity contribution >= 4 is 11.6 Å². The first kappa shape index (κ1) is 20.4. The zero-order valence-electron chi connectivity index (χ0n) is 17.7. The van der Waals surface area contributed by atoms with E-state index in [0.717, 1.165) is 67.4 Å². The summed E-state index contributed by atoms with van der Waals surface area (Å²) in [5, 5.41) is 10.0. The first-order valence-corrected chi connectivity index (χ1v) is 10.8. The number of piperidine rings is 1. The number of hydrogen-bond donors (Lipinski definition) is 2. The summed E-state index contributed by atoms with van der Waals surface area (Å²) in [7, 11) is 0. The quantitative estimate of drug-likeness (QED) is 0.590. The van der Waals surface area contributed by atoms with Crippen LogP contribution in [0, 0.1) is 12.8 Å². The Bertz CT molecular complexity index is 955. The number of benzene rings is 1. The summed E-state index contributed by atoms with van der Waals surface area (Å²) in [6, 6.07) is 13.9. The third-order valence-electron chi connectivity index (χ3n) is 6.03. The number of likely N-dealkylation sites (tertiary alicyclic amines) is 1. The highest BCUT2D eigenvalue weighted by Gasteiger charge is 2.25. The molecule has 2 N–H and O–H groups in total. The van der Waals surface area contributed by atoms with Gasteiger partial charge in [-0.2, -0.15) is 5.10 Å². The van der Waals surface area contributed by atoms with Gasteiger partial charge in [-0.25, -0.2) is 0 Å². The Labute approximate surface area is 177 Å². The van der Waals surface area contributed by atoms with Crippen molar-refractivity contribution in [2.75, 3.05) is 25.0 Å². The Hall–Kier alpha value is -2.86. The molecule has 1 fully saturated rings. The molecule has 1 aromatic carbocycles. The van der Waals surface area contributed by atoms with Crippen molar-refractivity contribution in [2.24, 2.45) is 5.92 Å². The second kappa shape index (κ2) is 9.30. The molecule has 0 radical (unpaired) electrons. The number of aryl methyl sites for hydroxylation is 1. The fourth-order valence-electron chi connectivity index (χ4n) is 4.08. The van der Waals surface area contributed by atoms with Crippen LogP contribution in [0.1, 0.15) is 43.6 Å². The maximum Gasteiger partial charge on any atom is 0.227 e. The monoisotopic (exact) mass is 406 g/mol. The lowest BCUT2D eigenvalue weighted by molar-refractivity contribution is -0.121. The molecule has 1 saturated heterocycles. The zero-order valence-corrected chi connectivity index (χ0v) is 17.7. The molecule has 4 rings (SSSR count). The summed E-state index contributed by atoms with van der Waals surface area (Å²) in [5.41, 5.74) is 2.79. The van der Waals surface area contributed by atoms with Gasteiger partial charge in [0.25, 0.3) is 0 Å². The second-order valence-corrected chi connectivity index (χ2v) is 8.29. The van der Waals surface area contributed by atoms with Gasteiger partial charge in [-0.05, 0) is 76.2 Å².